The van der Waals surface area contributed by atoms with E-state index in [1.165, 1.54) is 19.2 Å². The first-order valence-corrected chi connectivity index (χ1v) is 10.1. The molecule has 0 saturated heterocycles. The highest BCUT2D eigenvalue weighted by atomic mass is 19.1. The van der Waals surface area contributed by atoms with Crippen molar-refractivity contribution in [3.8, 4) is 5.69 Å². The number of aryl methyl sites for hydroxylation is 1. The van der Waals surface area contributed by atoms with Gasteiger partial charge in [-0.05, 0) is 74.7 Å². The summed E-state index contributed by atoms with van der Waals surface area (Å²) in [6.45, 7) is 5.72. The average molecular weight is 423 g/mol. The van der Waals surface area contributed by atoms with Gasteiger partial charge in [0.2, 0.25) is 0 Å². The van der Waals surface area contributed by atoms with Crippen molar-refractivity contribution in [3.63, 3.8) is 0 Å². The topological polar surface area (TPSA) is 73.2 Å². The predicted molar refractivity (Wildman–Crippen MR) is 116 cm³/mol. The van der Waals surface area contributed by atoms with Crippen LogP contribution in [0.3, 0.4) is 0 Å². The number of esters is 1. The van der Waals surface area contributed by atoms with Crippen LogP contribution < -0.4 is 5.32 Å². The molecule has 0 bridgehead atoms. The molecule has 1 atom stereocenters. The number of amides is 1. The summed E-state index contributed by atoms with van der Waals surface area (Å²) in [5, 5.41) is 7.51. The molecule has 1 aromatic heterocycles. The van der Waals surface area contributed by atoms with Gasteiger partial charge in [-0.15, -0.1) is 0 Å². The predicted octanol–water partition coefficient (Wildman–Crippen LogP) is 4.22. The van der Waals surface area contributed by atoms with E-state index in [1.54, 1.807) is 24.3 Å². The lowest BCUT2D eigenvalue weighted by Crippen LogP contribution is -2.26. The maximum atomic E-state index is 13.1. The molecule has 7 heteroatoms. The molecule has 1 N–H and O–H groups in total. The van der Waals surface area contributed by atoms with E-state index in [9.17, 15) is 14.0 Å². The minimum Gasteiger partial charge on any atom is -0.469 e. The molecule has 3 aromatic rings. The Morgan fingerprint density at radius 1 is 1.10 bits per heavy atom. The van der Waals surface area contributed by atoms with E-state index < -0.39 is 0 Å². The van der Waals surface area contributed by atoms with E-state index in [0.717, 1.165) is 28.2 Å². The number of halogens is 1. The van der Waals surface area contributed by atoms with Crippen molar-refractivity contribution in [2.24, 2.45) is 0 Å². The van der Waals surface area contributed by atoms with Gasteiger partial charge < -0.3 is 10.1 Å². The molecular formula is C24H26FN3O3. The number of carbonyl (C=O) groups excluding carboxylic acids is 2. The number of rotatable bonds is 7. The van der Waals surface area contributed by atoms with Gasteiger partial charge in [-0.3, -0.25) is 9.59 Å². The second-order valence-electron chi connectivity index (χ2n) is 7.43. The van der Waals surface area contributed by atoms with Gasteiger partial charge in [0, 0.05) is 17.7 Å². The zero-order valence-electron chi connectivity index (χ0n) is 18.1. The fraction of sp³-hybridized carbons (Fsp3) is 0.292. The van der Waals surface area contributed by atoms with Crippen molar-refractivity contribution >= 4 is 11.9 Å². The highest BCUT2D eigenvalue weighted by Gasteiger charge is 2.16. The summed E-state index contributed by atoms with van der Waals surface area (Å²) in [5.41, 5.74) is 4.99. The van der Waals surface area contributed by atoms with Gasteiger partial charge in [0.1, 0.15) is 5.82 Å². The first-order chi connectivity index (χ1) is 14.8. The number of methoxy groups -OCH3 is 1. The van der Waals surface area contributed by atoms with Crippen molar-refractivity contribution in [3.05, 3.63) is 82.4 Å². The summed E-state index contributed by atoms with van der Waals surface area (Å²) in [6.07, 6.45) is 0.862. The molecule has 0 aliphatic rings. The summed E-state index contributed by atoms with van der Waals surface area (Å²) < 4.78 is 19.6. The Morgan fingerprint density at radius 3 is 2.35 bits per heavy atom. The third-order valence-electron chi connectivity index (χ3n) is 5.34. The van der Waals surface area contributed by atoms with Crippen LogP contribution in [0.25, 0.3) is 5.69 Å². The molecule has 3 rings (SSSR count). The highest BCUT2D eigenvalue weighted by Crippen LogP contribution is 2.20. The highest BCUT2D eigenvalue weighted by molar-refractivity contribution is 5.94. The van der Waals surface area contributed by atoms with Gasteiger partial charge in [-0.2, -0.15) is 5.10 Å². The van der Waals surface area contributed by atoms with E-state index in [-0.39, 0.29) is 23.7 Å². The lowest BCUT2D eigenvalue weighted by atomic mass is 10.1. The van der Waals surface area contributed by atoms with Crippen molar-refractivity contribution in [1.29, 1.82) is 0 Å². The Kier molecular flexibility index (Phi) is 6.84. The van der Waals surface area contributed by atoms with Gasteiger partial charge in [-0.1, -0.05) is 12.1 Å². The summed E-state index contributed by atoms with van der Waals surface area (Å²) in [5.74, 6) is -0.775. The van der Waals surface area contributed by atoms with Crippen LogP contribution in [0.15, 0.2) is 48.5 Å². The summed E-state index contributed by atoms with van der Waals surface area (Å²) >= 11 is 0. The molecule has 0 saturated carbocycles. The number of aromatic nitrogens is 2. The maximum Gasteiger partial charge on any atom is 0.305 e. The van der Waals surface area contributed by atoms with Crippen LogP contribution in [-0.4, -0.2) is 28.8 Å². The molecule has 31 heavy (non-hydrogen) atoms. The van der Waals surface area contributed by atoms with Crippen LogP contribution in [0.1, 0.15) is 52.3 Å². The average Bonchev–Trinajstić information content (AvgIpc) is 3.05. The van der Waals surface area contributed by atoms with Gasteiger partial charge in [0.15, 0.2) is 0 Å². The zero-order chi connectivity index (χ0) is 22.5. The molecule has 0 fully saturated rings. The minimum atomic E-state index is -0.310. The molecule has 0 unspecified atom stereocenters. The molecule has 1 heterocycles. The fourth-order valence-corrected chi connectivity index (χ4v) is 3.49. The first-order valence-electron chi connectivity index (χ1n) is 10.1. The van der Waals surface area contributed by atoms with Gasteiger partial charge in [0.25, 0.3) is 5.91 Å². The molecule has 0 aliphatic carbocycles. The van der Waals surface area contributed by atoms with Gasteiger partial charge in [0.05, 0.1) is 24.5 Å². The number of nitrogens with zero attached hydrogens (tertiary/aromatic N) is 2. The Morgan fingerprint density at radius 2 is 1.74 bits per heavy atom. The van der Waals surface area contributed by atoms with E-state index in [2.05, 4.69) is 10.4 Å². The van der Waals surface area contributed by atoms with Crippen LogP contribution in [0.4, 0.5) is 4.39 Å². The van der Waals surface area contributed by atoms with Crippen LogP contribution in [-0.2, 0) is 16.0 Å². The van der Waals surface area contributed by atoms with Crippen molar-refractivity contribution in [2.75, 3.05) is 7.11 Å². The number of nitrogens with one attached hydrogen (secondary N) is 1. The molecule has 162 valence electrons. The second-order valence-corrected chi connectivity index (χ2v) is 7.43. The zero-order valence-corrected chi connectivity index (χ0v) is 18.1. The van der Waals surface area contributed by atoms with E-state index in [1.807, 2.05) is 37.6 Å². The lowest BCUT2D eigenvalue weighted by Gasteiger charge is -2.14. The Balaban J connectivity index is 1.72. The fourth-order valence-electron chi connectivity index (χ4n) is 3.49. The van der Waals surface area contributed by atoms with Gasteiger partial charge in [-0.25, -0.2) is 9.07 Å². The molecule has 2 aromatic carbocycles. The number of benzene rings is 2. The standard InChI is InChI=1S/C24H26FN3O3/c1-15(18-5-9-20(25)10-6-18)26-24(30)19-7-11-21(12-8-19)28-17(3)22(16(2)27-28)13-14-23(29)31-4/h5-12,15H,13-14H2,1-4H3,(H,26,30)/t15-/m0/s1. The SMILES string of the molecule is COC(=O)CCc1c(C)nn(-c2ccc(C(=O)N[C@@H](C)c3ccc(F)cc3)cc2)c1C. The summed E-state index contributed by atoms with van der Waals surface area (Å²) in [7, 11) is 1.38. The Labute approximate surface area is 181 Å². The summed E-state index contributed by atoms with van der Waals surface area (Å²) in [6, 6.07) is 13.0. The molecule has 0 spiro atoms. The van der Waals surface area contributed by atoms with E-state index in [0.29, 0.717) is 18.4 Å². The maximum absolute atomic E-state index is 13.1. The number of carbonyl (C=O) groups is 2. The second kappa shape index (κ2) is 9.55. The van der Waals surface area contributed by atoms with Crippen molar-refractivity contribution in [1.82, 2.24) is 15.1 Å². The molecule has 0 radical (unpaired) electrons. The lowest BCUT2D eigenvalue weighted by molar-refractivity contribution is -0.140. The first kappa shape index (κ1) is 22.2. The monoisotopic (exact) mass is 423 g/mol. The smallest absolute Gasteiger partial charge is 0.305 e. The molecule has 1 amide bonds. The molecule has 6 nitrogen and oxygen atoms in total. The quantitative estimate of drug-likeness (QED) is 0.578. The Bertz CT molecular complexity index is 1070. The number of ether oxygens (including phenoxy) is 1. The van der Waals surface area contributed by atoms with Crippen LogP contribution in [0.2, 0.25) is 0 Å². The van der Waals surface area contributed by atoms with Crippen LogP contribution in [0, 0.1) is 19.7 Å². The van der Waals surface area contributed by atoms with Crippen molar-refractivity contribution < 1.29 is 18.7 Å². The normalized spacial score (nSPS) is 11.8. The molecule has 0 aliphatic heterocycles. The minimum absolute atomic E-state index is 0.212. The van der Waals surface area contributed by atoms with Crippen LogP contribution >= 0.6 is 0 Å². The van der Waals surface area contributed by atoms with Crippen molar-refractivity contribution in [2.45, 2.75) is 39.7 Å². The summed E-state index contributed by atoms with van der Waals surface area (Å²) in [4.78, 5) is 24.1. The molecular weight excluding hydrogens is 397 g/mol. The largest absolute Gasteiger partial charge is 0.469 e. The number of hydrogen-bond acceptors (Lipinski definition) is 4. The third-order valence-corrected chi connectivity index (χ3v) is 5.34. The van der Waals surface area contributed by atoms with E-state index >= 15 is 0 Å². The van der Waals surface area contributed by atoms with Gasteiger partial charge >= 0.3 is 5.97 Å². The van der Waals surface area contributed by atoms with E-state index in [4.69, 9.17) is 4.74 Å². The van der Waals surface area contributed by atoms with Crippen LogP contribution in [0.5, 0.6) is 0 Å². The Hall–Kier alpha value is -3.48. The third kappa shape index (κ3) is 5.17. The number of hydrogen-bond donors (Lipinski definition) is 1.